The first-order valence-electron chi connectivity index (χ1n) is 9.99. The monoisotopic (exact) mass is 454 g/mol. The lowest BCUT2D eigenvalue weighted by Crippen LogP contribution is -2.25. The van der Waals surface area contributed by atoms with E-state index in [-0.39, 0.29) is 5.56 Å². The number of nitrogens with zero attached hydrogens (tertiary/aromatic N) is 4. The molecular formula is C23H23ClN4O2S. The number of halogens is 1. The fourth-order valence-corrected chi connectivity index (χ4v) is 4.76. The van der Waals surface area contributed by atoms with Gasteiger partial charge >= 0.3 is 0 Å². The quantitative estimate of drug-likeness (QED) is 0.293. The third-order valence-corrected chi connectivity index (χ3v) is 6.46. The molecular weight excluding hydrogens is 432 g/mol. The Morgan fingerprint density at radius 3 is 2.71 bits per heavy atom. The Hall–Kier alpha value is -2.77. The number of methoxy groups -OCH3 is 1. The van der Waals surface area contributed by atoms with Gasteiger partial charge in [0.25, 0.3) is 5.56 Å². The molecule has 2 aromatic heterocycles. The zero-order valence-electron chi connectivity index (χ0n) is 17.6. The van der Waals surface area contributed by atoms with E-state index in [4.69, 9.17) is 21.3 Å². The normalized spacial score (nSPS) is 11.2. The summed E-state index contributed by atoms with van der Waals surface area (Å²) >= 11 is 7.83. The van der Waals surface area contributed by atoms with Gasteiger partial charge in [-0.1, -0.05) is 53.7 Å². The molecule has 6 nitrogen and oxygen atoms in total. The summed E-state index contributed by atoms with van der Waals surface area (Å²) in [6.45, 7) is 4.85. The van der Waals surface area contributed by atoms with E-state index in [0.29, 0.717) is 40.1 Å². The van der Waals surface area contributed by atoms with Gasteiger partial charge in [-0.05, 0) is 43.2 Å². The predicted molar refractivity (Wildman–Crippen MR) is 125 cm³/mol. The van der Waals surface area contributed by atoms with Gasteiger partial charge in [0.1, 0.15) is 11.3 Å². The molecule has 0 aliphatic carbocycles. The van der Waals surface area contributed by atoms with E-state index in [0.717, 1.165) is 22.6 Å². The lowest BCUT2D eigenvalue weighted by atomic mass is 10.2. The third-order valence-electron chi connectivity index (χ3n) is 5.07. The van der Waals surface area contributed by atoms with Crippen LogP contribution in [0.3, 0.4) is 0 Å². The summed E-state index contributed by atoms with van der Waals surface area (Å²) in [6, 6.07) is 15.4. The van der Waals surface area contributed by atoms with Crippen LogP contribution in [-0.4, -0.2) is 26.4 Å². The highest BCUT2D eigenvalue weighted by atomic mass is 35.5. The summed E-state index contributed by atoms with van der Waals surface area (Å²) < 4.78 is 8.79. The van der Waals surface area contributed by atoms with Crippen molar-refractivity contribution in [2.75, 3.05) is 7.11 Å². The molecule has 0 atom stereocenters. The number of rotatable bonds is 7. The van der Waals surface area contributed by atoms with E-state index >= 15 is 0 Å². The molecule has 0 amide bonds. The molecule has 0 aliphatic heterocycles. The van der Waals surface area contributed by atoms with Crippen LogP contribution in [0.5, 0.6) is 5.75 Å². The number of hydrogen-bond donors (Lipinski definition) is 0. The van der Waals surface area contributed by atoms with E-state index in [9.17, 15) is 4.79 Å². The second-order valence-electron chi connectivity index (χ2n) is 7.12. The topological polar surface area (TPSA) is 61.9 Å². The number of benzene rings is 2. The molecule has 2 heterocycles. The van der Waals surface area contributed by atoms with Crippen molar-refractivity contribution in [1.29, 1.82) is 0 Å². The third kappa shape index (κ3) is 4.34. The van der Waals surface area contributed by atoms with Crippen LogP contribution in [-0.2, 0) is 18.8 Å². The SMILES string of the molecule is CCn1nc(C)c2nc(SCc3ccccc3Cl)n(Cc3cccc(OC)c3)c(=O)c21. The maximum Gasteiger partial charge on any atom is 0.280 e. The Morgan fingerprint density at radius 1 is 1.16 bits per heavy atom. The zero-order valence-corrected chi connectivity index (χ0v) is 19.2. The van der Waals surface area contributed by atoms with Gasteiger partial charge in [-0.2, -0.15) is 5.10 Å². The maximum atomic E-state index is 13.6. The molecule has 0 spiro atoms. The lowest BCUT2D eigenvalue weighted by Gasteiger charge is -2.14. The summed E-state index contributed by atoms with van der Waals surface area (Å²) in [5.74, 6) is 1.36. The predicted octanol–water partition coefficient (Wildman–Crippen LogP) is 4.92. The van der Waals surface area contributed by atoms with E-state index in [1.165, 1.54) is 11.8 Å². The summed E-state index contributed by atoms with van der Waals surface area (Å²) in [6.07, 6.45) is 0. The molecule has 0 unspecified atom stereocenters. The van der Waals surface area contributed by atoms with Gasteiger partial charge < -0.3 is 4.74 Å². The first kappa shape index (κ1) is 21.5. The van der Waals surface area contributed by atoms with Crippen LogP contribution in [0.2, 0.25) is 5.02 Å². The average Bonchev–Trinajstić information content (AvgIpc) is 3.11. The van der Waals surface area contributed by atoms with Gasteiger partial charge in [0.2, 0.25) is 0 Å². The highest BCUT2D eigenvalue weighted by Gasteiger charge is 2.19. The summed E-state index contributed by atoms with van der Waals surface area (Å²) in [5.41, 5.74) is 3.79. The van der Waals surface area contributed by atoms with E-state index in [1.54, 1.807) is 16.4 Å². The molecule has 0 radical (unpaired) electrons. The summed E-state index contributed by atoms with van der Waals surface area (Å²) in [4.78, 5) is 18.4. The molecule has 4 aromatic rings. The highest BCUT2D eigenvalue weighted by Crippen LogP contribution is 2.27. The Balaban J connectivity index is 1.82. The minimum absolute atomic E-state index is 0.100. The van der Waals surface area contributed by atoms with Gasteiger partial charge in [-0.3, -0.25) is 14.0 Å². The van der Waals surface area contributed by atoms with Crippen LogP contribution in [0.25, 0.3) is 11.0 Å². The van der Waals surface area contributed by atoms with Crippen molar-refractivity contribution in [2.24, 2.45) is 0 Å². The number of aromatic nitrogens is 4. The molecule has 160 valence electrons. The van der Waals surface area contributed by atoms with E-state index in [2.05, 4.69) is 5.10 Å². The molecule has 0 aliphatic rings. The first-order chi connectivity index (χ1) is 15.0. The molecule has 0 saturated heterocycles. The molecule has 0 bridgehead atoms. The second kappa shape index (κ2) is 9.16. The highest BCUT2D eigenvalue weighted by molar-refractivity contribution is 7.98. The van der Waals surface area contributed by atoms with E-state index in [1.807, 2.05) is 62.4 Å². The fraction of sp³-hybridized carbons (Fsp3) is 0.261. The van der Waals surface area contributed by atoms with E-state index < -0.39 is 0 Å². The number of fused-ring (bicyclic) bond motifs is 1. The van der Waals surface area contributed by atoms with Crippen molar-refractivity contribution in [3.8, 4) is 5.75 Å². The smallest absolute Gasteiger partial charge is 0.280 e. The minimum Gasteiger partial charge on any atom is -0.497 e. The molecule has 2 aromatic carbocycles. The van der Waals surface area contributed by atoms with Crippen molar-refractivity contribution in [2.45, 2.75) is 37.8 Å². The molecule has 0 N–H and O–H groups in total. The molecule has 31 heavy (non-hydrogen) atoms. The Kier molecular flexibility index (Phi) is 6.34. The zero-order chi connectivity index (χ0) is 22.0. The standard InChI is InChI=1S/C23H23ClN4O2S/c1-4-28-21-20(15(2)26-28)25-23(31-14-17-9-5-6-11-19(17)24)27(22(21)29)13-16-8-7-10-18(12-16)30-3/h5-12H,4,13-14H2,1-3H3. The molecule has 0 fully saturated rings. The Bertz CT molecular complexity index is 1300. The van der Waals surface area contributed by atoms with Gasteiger partial charge in [-0.25, -0.2) is 4.98 Å². The Morgan fingerprint density at radius 2 is 1.97 bits per heavy atom. The summed E-state index contributed by atoms with van der Waals surface area (Å²) in [7, 11) is 1.63. The van der Waals surface area contributed by atoms with Crippen LogP contribution in [0.4, 0.5) is 0 Å². The minimum atomic E-state index is -0.100. The largest absolute Gasteiger partial charge is 0.497 e. The van der Waals surface area contributed by atoms with Crippen molar-refractivity contribution in [3.63, 3.8) is 0 Å². The van der Waals surface area contributed by atoms with Crippen molar-refractivity contribution in [3.05, 3.63) is 80.7 Å². The maximum absolute atomic E-state index is 13.6. The molecule has 4 rings (SSSR count). The van der Waals surface area contributed by atoms with Crippen LogP contribution in [0.15, 0.2) is 58.5 Å². The number of thioether (sulfide) groups is 1. The lowest BCUT2D eigenvalue weighted by molar-refractivity contribution is 0.414. The van der Waals surface area contributed by atoms with Crippen LogP contribution < -0.4 is 10.3 Å². The molecule has 0 saturated carbocycles. The average molecular weight is 455 g/mol. The van der Waals surface area contributed by atoms with Crippen molar-refractivity contribution in [1.82, 2.24) is 19.3 Å². The van der Waals surface area contributed by atoms with Gasteiger partial charge in [0, 0.05) is 17.3 Å². The number of hydrogen-bond acceptors (Lipinski definition) is 5. The Labute approximate surface area is 189 Å². The van der Waals surface area contributed by atoms with Gasteiger partial charge in [-0.15, -0.1) is 0 Å². The van der Waals surface area contributed by atoms with Gasteiger partial charge in [0.05, 0.1) is 19.3 Å². The van der Waals surface area contributed by atoms with Crippen LogP contribution in [0, 0.1) is 6.92 Å². The number of ether oxygens (including phenoxy) is 1. The summed E-state index contributed by atoms with van der Waals surface area (Å²) in [5, 5.41) is 5.85. The first-order valence-corrected chi connectivity index (χ1v) is 11.3. The van der Waals surface area contributed by atoms with Crippen molar-refractivity contribution >= 4 is 34.4 Å². The van der Waals surface area contributed by atoms with Gasteiger partial charge in [0.15, 0.2) is 10.7 Å². The fourth-order valence-electron chi connectivity index (χ4n) is 3.48. The van der Waals surface area contributed by atoms with Crippen molar-refractivity contribution < 1.29 is 4.74 Å². The van der Waals surface area contributed by atoms with Crippen LogP contribution in [0.1, 0.15) is 23.7 Å². The number of aryl methyl sites for hydroxylation is 2. The molecule has 8 heteroatoms. The second-order valence-corrected chi connectivity index (χ2v) is 8.47. The van der Waals surface area contributed by atoms with Crippen LogP contribution >= 0.6 is 23.4 Å².